The summed E-state index contributed by atoms with van der Waals surface area (Å²) in [5.41, 5.74) is 5.64. The Hall–Kier alpha value is -3.68. The number of hydrogen-bond acceptors (Lipinski definition) is 5. The van der Waals surface area contributed by atoms with Crippen molar-refractivity contribution in [3.63, 3.8) is 0 Å². The molecule has 0 bridgehead atoms. The average Bonchev–Trinajstić information content (AvgIpc) is 3.20. The number of nitrogens with one attached hydrogen (secondary N) is 1. The first kappa shape index (κ1) is 23.1. The molecule has 5 rings (SSSR count). The molecule has 180 valence electrons. The van der Waals surface area contributed by atoms with Crippen molar-refractivity contribution in [3.05, 3.63) is 95.6 Å². The van der Waals surface area contributed by atoms with E-state index in [2.05, 4.69) is 92.9 Å². The Morgan fingerprint density at radius 2 is 1.57 bits per heavy atom. The number of carbonyl (C=O) groups excluding carboxylic acids is 1. The summed E-state index contributed by atoms with van der Waals surface area (Å²) in [7, 11) is 3.38. The van der Waals surface area contributed by atoms with Crippen LogP contribution in [-0.4, -0.2) is 58.7 Å². The van der Waals surface area contributed by atoms with Gasteiger partial charge >= 0.3 is 12.1 Å². The van der Waals surface area contributed by atoms with E-state index in [1.807, 2.05) is 13.1 Å². The number of ether oxygens (including phenoxy) is 1. The highest BCUT2D eigenvalue weighted by molar-refractivity contribution is 5.79. The van der Waals surface area contributed by atoms with Gasteiger partial charge < -0.3 is 10.1 Å². The van der Waals surface area contributed by atoms with E-state index in [0.29, 0.717) is 0 Å². The van der Waals surface area contributed by atoms with Crippen LogP contribution in [0.15, 0.2) is 78.9 Å². The average molecular weight is 470 g/mol. The Morgan fingerprint density at radius 3 is 2.17 bits per heavy atom. The van der Waals surface area contributed by atoms with Crippen LogP contribution < -0.4 is 10.1 Å². The molecule has 1 fully saturated rings. The topological polar surface area (TPSA) is 62.6 Å². The zero-order chi connectivity index (χ0) is 24.2. The van der Waals surface area contributed by atoms with E-state index in [9.17, 15) is 4.79 Å². The van der Waals surface area contributed by atoms with E-state index in [1.165, 1.54) is 23.7 Å². The third-order valence-corrected chi connectivity index (χ3v) is 6.70. The summed E-state index contributed by atoms with van der Waals surface area (Å²) in [5.74, 6) is 0. The minimum absolute atomic E-state index is 0.267. The highest BCUT2D eigenvalue weighted by Gasteiger charge is 2.26. The molecule has 0 unspecified atom stereocenters. The molecule has 7 heteroatoms. The van der Waals surface area contributed by atoms with Gasteiger partial charge in [0.2, 0.25) is 0 Å². The first-order valence-corrected chi connectivity index (χ1v) is 12.0. The Morgan fingerprint density at radius 1 is 0.943 bits per heavy atom. The molecular weight excluding hydrogens is 438 g/mol. The van der Waals surface area contributed by atoms with E-state index in [4.69, 9.17) is 4.74 Å². The molecule has 35 heavy (non-hydrogen) atoms. The fourth-order valence-electron chi connectivity index (χ4n) is 4.87. The third kappa shape index (κ3) is 5.06. The van der Waals surface area contributed by atoms with Crippen molar-refractivity contribution < 1.29 is 9.53 Å². The van der Waals surface area contributed by atoms with E-state index in [1.54, 1.807) is 4.57 Å². The summed E-state index contributed by atoms with van der Waals surface area (Å²) in [4.78, 5) is 21.2. The minimum Gasteiger partial charge on any atom is -0.375 e. The SMILES string of the molecule is CNC(=O)Oc1nc2cc(CN3CCN(C(c4ccccc4)c4ccccc4)CC3)ccc2n1C. The largest absolute Gasteiger partial charge is 0.414 e. The Kier molecular flexibility index (Phi) is 6.79. The van der Waals surface area contributed by atoms with Gasteiger partial charge in [0.15, 0.2) is 0 Å². The van der Waals surface area contributed by atoms with E-state index in [-0.39, 0.29) is 12.1 Å². The maximum absolute atomic E-state index is 11.6. The third-order valence-electron chi connectivity index (χ3n) is 6.70. The maximum atomic E-state index is 11.6. The first-order chi connectivity index (χ1) is 17.1. The van der Waals surface area contributed by atoms with Crippen molar-refractivity contribution in [1.82, 2.24) is 24.7 Å². The summed E-state index contributed by atoms with van der Waals surface area (Å²) in [6, 6.07) is 28.4. The quantitative estimate of drug-likeness (QED) is 0.459. The smallest absolute Gasteiger partial charge is 0.375 e. The van der Waals surface area contributed by atoms with Crippen molar-refractivity contribution in [2.75, 3.05) is 33.2 Å². The number of amides is 1. The number of nitrogens with zero attached hydrogens (tertiary/aromatic N) is 4. The van der Waals surface area contributed by atoms with Crippen LogP contribution in [0.2, 0.25) is 0 Å². The van der Waals surface area contributed by atoms with Crippen LogP contribution in [-0.2, 0) is 13.6 Å². The molecule has 0 radical (unpaired) electrons. The zero-order valence-electron chi connectivity index (χ0n) is 20.2. The molecule has 1 aromatic heterocycles. The number of hydrogen-bond donors (Lipinski definition) is 1. The fourth-order valence-corrected chi connectivity index (χ4v) is 4.87. The minimum atomic E-state index is -0.522. The molecule has 2 heterocycles. The number of piperazine rings is 1. The summed E-state index contributed by atoms with van der Waals surface area (Å²) in [6.45, 7) is 4.88. The number of aromatic nitrogens is 2. The Bertz CT molecular complexity index is 1240. The van der Waals surface area contributed by atoms with Crippen LogP contribution in [0.5, 0.6) is 6.01 Å². The molecule has 0 spiro atoms. The molecule has 0 aliphatic carbocycles. The predicted molar refractivity (Wildman–Crippen MR) is 137 cm³/mol. The van der Waals surface area contributed by atoms with Crippen LogP contribution >= 0.6 is 0 Å². The van der Waals surface area contributed by atoms with Crippen LogP contribution in [0.4, 0.5) is 4.79 Å². The van der Waals surface area contributed by atoms with Crippen LogP contribution in [0, 0.1) is 0 Å². The molecule has 7 nitrogen and oxygen atoms in total. The molecule has 4 aromatic rings. The van der Waals surface area contributed by atoms with Crippen molar-refractivity contribution >= 4 is 17.1 Å². The maximum Gasteiger partial charge on any atom is 0.414 e. The highest BCUT2D eigenvalue weighted by Crippen LogP contribution is 2.30. The summed E-state index contributed by atoms with van der Waals surface area (Å²) in [5, 5.41) is 2.46. The van der Waals surface area contributed by atoms with Gasteiger partial charge in [0.25, 0.3) is 0 Å². The van der Waals surface area contributed by atoms with Gasteiger partial charge in [0, 0.05) is 46.8 Å². The van der Waals surface area contributed by atoms with Gasteiger partial charge in [-0.05, 0) is 28.8 Å². The standard InChI is InChI=1S/C28H31N5O2/c1-29-28(34)35-27-30-24-19-21(13-14-25(24)31(27)2)20-32-15-17-33(18-16-32)26(22-9-5-3-6-10-22)23-11-7-4-8-12-23/h3-14,19,26H,15-18,20H2,1-2H3,(H,29,34). The lowest BCUT2D eigenvalue weighted by molar-refractivity contribution is 0.105. The second-order valence-corrected chi connectivity index (χ2v) is 8.95. The monoisotopic (exact) mass is 469 g/mol. The van der Waals surface area contributed by atoms with E-state index >= 15 is 0 Å². The number of carbonyl (C=O) groups is 1. The van der Waals surface area contributed by atoms with Gasteiger partial charge in [-0.3, -0.25) is 14.4 Å². The van der Waals surface area contributed by atoms with Gasteiger partial charge in [-0.1, -0.05) is 66.7 Å². The van der Waals surface area contributed by atoms with Gasteiger partial charge in [-0.2, -0.15) is 4.98 Å². The number of rotatable bonds is 6. The Labute approximate surface area is 205 Å². The van der Waals surface area contributed by atoms with Crippen molar-refractivity contribution in [2.45, 2.75) is 12.6 Å². The van der Waals surface area contributed by atoms with E-state index < -0.39 is 6.09 Å². The molecule has 1 N–H and O–H groups in total. The molecule has 1 aliphatic rings. The van der Waals surface area contributed by atoms with Crippen molar-refractivity contribution in [1.29, 1.82) is 0 Å². The molecule has 3 aromatic carbocycles. The van der Waals surface area contributed by atoms with Crippen molar-refractivity contribution in [3.8, 4) is 6.01 Å². The molecule has 0 atom stereocenters. The van der Waals surface area contributed by atoms with Gasteiger partial charge in [-0.25, -0.2) is 4.79 Å². The van der Waals surface area contributed by atoms with Crippen LogP contribution in [0.3, 0.4) is 0 Å². The summed E-state index contributed by atoms with van der Waals surface area (Å²) in [6.07, 6.45) is -0.522. The number of benzene rings is 3. The molecular formula is C28H31N5O2. The van der Waals surface area contributed by atoms with Crippen LogP contribution in [0.1, 0.15) is 22.7 Å². The second-order valence-electron chi connectivity index (χ2n) is 8.95. The molecule has 0 saturated carbocycles. The lowest BCUT2D eigenvalue weighted by atomic mass is 9.96. The summed E-state index contributed by atoms with van der Waals surface area (Å²) >= 11 is 0. The fraction of sp³-hybridized carbons (Fsp3) is 0.286. The summed E-state index contributed by atoms with van der Waals surface area (Å²) < 4.78 is 7.05. The number of fused-ring (bicyclic) bond motifs is 1. The predicted octanol–water partition coefficient (Wildman–Crippen LogP) is 4.20. The first-order valence-electron chi connectivity index (χ1n) is 12.0. The van der Waals surface area contributed by atoms with Gasteiger partial charge in [0.1, 0.15) is 0 Å². The second kappa shape index (κ2) is 10.3. The zero-order valence-corrected chi connectivity index (χ0v) is 20.2. The van der Waals surface area contributed by atoms with Gasteiger partial charge in [0.05, 0.1) is 17.1 Å². The van der Waals surface area contributed by atoms with Crippen LogP contribution in [0.25, 0.3) is 11.0 Å². The van der Waals surface area contributed by atoms with E-state index in [0.717, 1.165) is 43.8 Å². The molecule has 1 amide bonds. The van der Waals surface area contributed by atoms with Gasteiger partial charge in [-0.15, -0.1) is 0 Å². The number of imidazole rings is 1. The Balaban J connectivity index is 1.27. The number of aryl methyl sites for hydroxylation is 1. The highest BCUT2D eigenvalue weighted by atomic mass is 16.6. The molecule has 1 aliphatic heterocycles. The lowest BCUT2D eigenvalue weighted by Crippen LogP contribution is -2.47. The van der Waals surface area contributed by atoms with Crippen molar-refractivity contribution in [2.24, 2.45) is 7.05 Å². The molecule has 1 saturated heterocycles. The lowest BCUT2D eigenvalue weighted by Gasteiger charge is -2.39. The normalized spacial score (nSPS) is 14.9.